The van der Waals surface area contributed by atoms with Gasteiger partial charge in [0, 0.05) is 23.1 Å². The van der Waals surface area contributed by atoms with Crippen molar-refractivity contribution >= 4 is 44.4 Å². The molecule has 0 bridgehead atoms. The van der Waals surface area contributed by atoms with Crippen molar-refractivity contribution in [1.29, 1.82) is 0 Å². The fourth-order valence-electron chi connectivity index (χ4n) is 7.67. The lowest BCUT2D eigenvalue weighted by Crippen LogP contribution is -2.33. The van der Waals surface area contributed by atoms with Gasteiger partial charge in [-0.15, -0.1) is 0 Å². The summed E-state index contributed by atoms with van der Waals surface area (Å²) in [4.78, 5) is 28.5. The number of Topliss-reactive ketones (excluding diaryl/α,β-unsaturated/α-hetero) is 2. The van der Waals surface area contributed by atoms with Gasteiger partial charge in [0.15, 0.2) is 5.78 Å². The normalized spacial score (nSPS) is 13.3. The van der Waals surface area contributed by atoms with Gasteiger partial charge in [-0.3, -0.25) is 4.79 Å². The summed E-state index contributed by atoms with van der Waals surface area (Å²) in [6, 6.07) is 50.5. The molecule has 50 heavy (non-hydrogen) atoms. The predicted octanol–water partition coefficient (Wildman–Crippen LogP) is 10.3. The van der Waals surface area contributed by atoms with E-state index in [4.69, 9.17) is 0 Å². The van der Waals surface area contributed by atoms with Gasteiger partial charge in [-0.05, 0) is 66.8 Å². The van der Waals surface area contributed by atoms with Crippen LogP contribution in [0.2, 0.25) is 0 Å². The Hall–Kier alpha value is -6.06. The maximum absolute atomic E-state index is 14.3. The summed E-state index contributed by atoms with van der Waals surface area (Å²) in [5.74, 6) is -0.276. The molecule has 0 saturated carbocycles. The van der Waals surface area contributed by atoms with Crippen molar-refractivity contribution < 1.29 is 14.2 Å². The molecule has 0 N–H and O–H groups in total. The highest BCUT2D eigenvalue weighted by Crippen LogP contribution is 2.43. The minimum Gasteiger partial charge on any atom is -0.327 e. The van der Waals surface area contributed by atoms with Crippen molar-refractivity contribution in [2.45, 2.75) is 27.2 Å². The van der Waals surface area contributed by atoms with Gasteiger partial charge in [-0.2, -0.15) is 0 Å². The van der Waals surface area contributed by atoms with Crippen LogP contribution in [0, 0.1) is 6.92 Å². The van der Waals surface area contributed by atoms with Crippen LogP contribution in [-0.4, -0.2) is 28.4 Å². The van der Waals surface area contributed by atoms with Gasteiger partial charge in [-0.1, -0.05) is 160 Å². The van der Waals surface area contributed by atoms with Crippen molar-refractivity contribution in [3.8, 4) is 22.3 Å². The largest absolute Gasteiger partial charge is 0.327 e. The molecule has 0 aliphatic carbocycles. The Morgan fingerprint density at radius 3 is 1.62 bits per heavy atom. The van der Waals surface area contributed by atoms with Crippen LogP contribution < -0.4 is 0 Å². The van der Waals surface area contributed by atoms with Crippen LogP contribution in [0.1, 0.15) is 41.7 Å². The zero-order chi connectivity index (χ0) is 34.4. The Kier molecular flexibility index (Phi) is 7.97. The van der Waals surface area contributed by atoms with E-state index >= 15 is 0 Å². The van der Waals surface area contributed by atoms with Crippen molar-refractivity contribution in [3.05, 3.63) is 179 Å². The molecular formula is C47H37NO2. The molecule has 1 heterocycles. The summed E-state index contributed by atoms with van der Waals surface area (Å²) in [6.07, 6.45) is 0.756. The number of rotatable bonds is 7. The molecule has 7 aromatic rings. The highest BCUT2D eigenvalue weighted by Gasteiger charge is 2.34. The van der Waals surface area contributed by atoms with E-state index in [1.54, 1.807) is 13.8 Å². The van der Waals surface area contributed by atoms with E-state index < -0.39 is 0 Å². The highest BCUT2D eigenvalue weighted by molar-refractivity contribution is 6.34. The Bertz CT molecular complexity index is 2420. The van der Waals surface area contributed by atoms with E-state index in [2.05, 4.69) is 115 Å². The average molecular weight is 648 g/mol. The fraction of sp³-hybridized carbons (Fsp3) is 0.106. The SMILES string of the molecule is CC(=O)/C(=C(/C(C)=O)[N+]1=C(c2ccc(C)cc2)c2ccccc2CC1)[c-]1c2cc(-c3ccccc3)ccc2c2ccc(-c3ccccc3)cc21. The summed E-state index contributed by atoms with van der Waals surface area (Å²) in [6.45, 7) is 5.86. The second-order valence-corrected chi connectivity index (χ2v) is 13.2. The van der Waals surface area contributed by atoms with Crippen LogP contribution in [0.4, 0.5) is 0 Å². The van der Waals surface area contributed by atoms with Crippen LogP contribution in [0.3, 0.4) is 0 Å². The number of hydrogen-bond acceptors (Lipinski definition) is 2. The highest BCUT2D eigenvalue weighted by atomic mass is 16.1. The van der Waals surface area contributed by atoms with Crippen molar-refractivity contribution in [2.75, 3.05) is 6.54 Å². The molecule has 0 aromatic heterocycles. The molecule has 1 aliphatic heterocycles. The van der Waals surface area contributed by atoms with Crippen LogP contribution in [0.15, 0.2) is 151 Å². The van der Waals surface area contributed by atoms with E-state index in [1.165, 1.54) is 5.56 Å². The summed E-state index contributed by atoms with van der Waals surface area (Å²) in [5.41, 5.74) is 11.5. The fourth-order valence-corrected chi connectivity index (χ4v) is 7.67. The van der Waals surface area contributed by atoms with Gasteiger partial charge in [0.1, 0.15) is 12.3 Å². The van der Waals surface area contributed by atoms with E-state index in [1.807, 2.05) is 42.5 Å². The standard InChI is InChI=1S/C47H37NO2/c1-30-18-20-36(21-19-30)47-39-17-11-10-16-35(39)26-27-48(47)46(32(3)50)44(31(2)49)45-42-28-37(33-12-6-4-7-13-33)22-24-40(42)41-25-23-38(29-43(41)45)34-14-8-5-9-15-34/h4-25,28-29H,26-27H2,1-3H3/b46-44+. The zero-order valence-electron chi connectivity index (χ0n) is 28.5. The van der Waals surface area contributed by atoms with Gasteiger partial charge in [-0.25, -0.2) is 4.58 Å². The molecule has 7 aromatic carbocycles. The molecule has 8 rings (SSSR count). The first-order chi connectivity index (χ1) is 24.4. The molecule has 0 saturated heterocycles. The molecule has 3 nitrogen and oxygen atoms in total. The predicted molar refractivity (Wildman–Crippen MR) is 206 cm³/mol. The van der Waals surface area contributed by atoms with E-state index in [9.17, 15) is 9.59 Å². The summed E-state index contributed by atoms with van der Waals surface area (Å²) >= 11 is 0. The Morgan fingerprint density at radius 2 is 1.08 bits per heavy atom. The lowest BCUT2D eigenvalue weighted by Gasteiger charge is -2.23. The quantitative estimate of drug-likeness (QED) is 0.0981. The Labute approximate surface area is 292 Å². The number of benzene rings is 6. The van der Waals surface area contributed by atoms with Gasteiger partial charge in [0.2, 0.25) is 11.4 Å². The second-order valence-electron chi connectivity index (χ2n) is 13.2. The van der Waals surface area contributed by atoms with Crippen molar-refractivity contribution in [1.82, 2.24) is 0 Å². The molecule has 0 amide bonds. The van der Waals surface area contributed by atoms with Gasteiger partial charge < -0.3 is 4.79 Å². The topological polar surface area (TPSA) is 37.1 Å². The number of nitrogens with zero attached hydrogens (tertiary/aromatic N) is 1. The first-order valence-electron chi connectivity index (χ1n) is 17.2. The van der Waals surface area contributed by atoms with E-state index in [0.717, 1.165) is 78.2 Å². The van der Waals surface area contributed by atoms with E-state index in [0.29, 0.717) is 17.8 Å². The Balaban J connectivity index is 1.52. The maximum Gasteiger partial charge on any atom is 0.215 e. The molecule has 0 spiro atoms. The average Bonchev–Trinajstić information content (AvgIpc) is 3.46. The third kappa shape index (κ3) is 5.41. The molecular weight excluding hydrogens is 611 g/mol. The van der Waals surface area contributed by atoms with Crippen LogP contribution >= 0.6 is 0 Å². The molecule has 1 aliphatic rings. The summed E-state index contributed by atoms with van der Waals surface area (Å²) < 4.78 is 2.12. The summed E-state index contributed by atoms with van der Waals surface area (Å²) in [7, 11) is 0. The summed E-state index contributed by atoms with van der Waals surface area (Å²) in [5, 5.41) is 4.04. The molecule has 3 heteroatoms. The molecule has 0 unspecified atom stereocenters. The van der Waals surface area contributed by atoms with Gasteiger partial charge >= 0.3 is 0 Å². The lowest BCUT2D eigenvalue weighted by molar-refractivity contribution is -0.470. The number of allylic oxidation sites excluding steroid dienone is 2. The molecule has 0 fully saturated rings. The number of hydrogen-bond donors (Lipinski definition) is 0. The Morgan fingerprint density at radius 1 is 0.560 bits per heavy atom. The van der Waals surface area contributed by atoms with Crippen molar-refractivity contribution in [3.63, 3.8) is 0 Å². The minimum absolute atomic E-state index is 0.138. The first kappa shape index (κ1) is 31.2. The smallest absolute Gasteiger partial charge is 0.215 e. The minimum atomic E-state index is -0.139. The van der Waals surface area contributed by atoms with Crippen LogP contribution in [0.5, 0.6) is 0 Å². The van der Waals surface area contributed by atoms with Crippen molar-refractivity contribution in [2.24, 2.45) is 0 Å². The molecule has 242 valence electrons. The maximum atomic E-state index is 14.3. The van der Waals surface area contributed by atoms with Crippen LogP contribution in [0.25, 0.3) is 49.4 Å². The number of ketones is 2. The third-order valence-electron chi connectivity index (χ3n) is 10.00. The molecule has 0 radical (unpaired) electrons. The molecule has 0 atom stereocenters. The number of fused-ring (bicyclic) bond motifs is 4. The first-order valence-corrected chi connectivity index (χ1v) is 17.2. The second kappa shape index (κ2) is 12.8. The number of carbonyl (C=O) groups excluding carboxylic acids is 2. The number of aryl methyl sites for hydroxylation is 1. The van der Waals surface area contributed by atoms with Gasteiger partial charge in [0.05, 0.1) is 0 Å². The third-order valence-corrected chi connectivity index (χ3v) is 10.00. The zero-order valence-corrected chi connectivity index (χ0v) is 28.5. The van der Waals surface area contributed by atoms with Crippen LogP contribution in [-0.2, 0) is 16.0 Å². The van der Waals surface area contributed by atoms with E-state index in [-0.39, 0.29) is 11.6 Å². The monoisotopic (exact) mass is 647 g/mol. The van der Waals surface area contributed by atoms with Gasteiger partial charge in [0.25, 0.3) is 0 Å². The number of carbonyl (C=O) groups is 2. The lowest BCUT2D eigenvalue weighted by atomic mass is 9.89.